The third-order valence-corrected chi connectivity index (χ3v) is 4.83. The number of rotatable bonds is 3. The molecule has 1 N–H and O–H groups in total. The summed E-state index contributed by atoms with van der Waals surface area (Å²) in [6.45, 7) is 9.73. The fourth-order valence-corrected chi connectivity index (χ4v) is 4.09. The lowest BCUT2D eigenvalue weighted by Crippen LogP contribution is -2.55. The minimum Gasteiger partial charge on any atom is -0.373 e. The fourth-order valence-electron chi connectivity index (χ4n) is 4.09. The van der Waals surface area contributed by atoms with E-state index in [1.807, 2.05) is 0 Å². The molecule has 0 amide bonds. The first kappa shape index (κ1) is 15.0. The molecule has 0 aromatic heterocycles. The number of hydrogen-bond acceptors (Lipinski definition) is 3. The predicted molar refractivity (Wildman–Crippen MR) is 86.6 cm³/mol. The second-order valence-electron chi connectivity index (χ2n) is 6.55. The van der Waals surface area contributed by atoms with Crippen molar-refractivity contribution in [2.24, 2.45) is 0 Å². The van der Waals surface area contributed by atoms with Crippen LogP contribution in [0, 0.1) is 0 Å². The van der Waals surface area contributed by atoms with Crippen LogP contribution in [-0.2, 0) is 11.2 Å². The van der Waals surface area contributed by atoms with Crippen LogP contribution in [0.1, 0.15) is 44.4 Å². The summed E-state index contributed by atoms with van der Waals surface area (Å²) < 4.78 is 5.91. The number of fused-ring (bicyclic) bond motifs is 1. The quantitative estimate of drug-likeness (QED) is 0.925. The van der Waals surface area contributed by atoms with Crippen molar-refractivity contribution in [3.8, 4) is 0 Å². The van der Waals surface area contributed by atoms with E-state index in [4.69, 9.17) is 4.74 Å². The van der Waals surface area contributed by atoms with Gasteiger partial charge in [-0.05, 0) is 44.4 Å². The summed E-state index contributed by atoms with van der Waals surface area (Å²) in [5.41, 5.74) is 3.02. The molecular formula is C18H28N2O. The maximum absolute atomic E-state index is 5.91. The summed E-state index contributed by atoms with van der Waals surface area (Å²) in [7, 11) is 0. The van der Waals surface area contributed by atoms with Crippen LogP contribution in [0.4, 0.5) is 0 Å². The molecule has 21 heavy (non-hydrogen) atoms. The lowest BCUT2D eigenvalue weighted by Gasteiger charge is -2.45. The van der Waals surface area contributed by atoms with E-state index in [0.29, 0.717) is 24.3 Å². The zero-order valence-electron chi connectivity index (χ0n) is 13.5. The Hall–Kier alpha value is -0.900. The molecule has 1 aliphatic heterocycles. The van der Waals surface area contributed by atoms with E-state index in [2.05, 4.69) is 55.3 Å². The molecule has 1 saturated heterocycles. The molecule has 0 saturated carbocycles. The molecular weight excluding hydrogens is 260 g/mol. The minimum atomic E-state index is 0.341. The highest BCUT2D eigenvalue weighted by Gasteiger charge is 2.36. The Morgan fingerprint density at radius 3 is 2.62 bits per heavy atom. The summed E-state index contributed by atoms with van der Waals surface area (Å²) in [4.78, 5) is 2.65. The topological polar surface area (TPSA) is 24.5 Å². The first-order valence-electron chi connectivity index (χ1n) is 8.39. The Kier molecular flexibility index (Phi) is 4.63. The summed E-state index contributed by atoms with van der Waals surface area (Å²) >= 11 is 0. The van der Waals surface area contributed by atoms with Gasteiger partial charge in [0.05, 0.1) is 12.2 Å². The van der Waals surface area contributed by atoms with Gasteiger partial charge in [0.25, 0.3) is 0 Å². The number of likely N-dealkylation sites (N-methyl/N-ethyl adjacent to an activating group) is 1. The van der Waals surface area contributed by atoms with Crippen molar-refractivity contribution in [3.63, 3.8) is 0 Å². The van der Waals surface area contributed by atoms with Crippen LogP contribution in [-0.4, -0.2) is 42.8 Å². The molecule has 2 aliphatic rings. The van der Waals surface area contributed by atoms with Crippen molar-refractivity contribution in [2.75, 3.05) is 19.6 Å². The lowest BCUT2D eigenvalue weighted by molar-refractivity contribution is -0.0862. The number of benzene rings is 1. The van der Waals surface area contributed by atoms with Gasteiger partial charge < -0.3 is 10.1 Å². The number of morpholine rings is 1. The summed E-state index contributed by atoms with van der Waals surface area (Å²) in [6, 6.07) is 9.99. The smallest absolute Gasteiger partial charge is 0.0678 e. The van der Waals surface area contributed by atoms with Crippen molar-refractivity contribution < 1.29 is 4.74 Å². The average molecular weight is 288 g/mol. The van der Waals surface area contributed by atoms with Gasteiger partial charge in [-0.1, -0.05) is 31.2 Å². The maximum Gasteiger partial charge on any atom is 0.0678 e. The third-order valence-electron chi connectivity index (χ3n) is 4.83. The van der Waals surface area contributed by atoms with Crippen LogP contribution in [0.3, 0.4) is 0 Å². The van der Waals surface area contributed by atoms with Gasteiger partial charge in [0, 0.05) is 25.2 Å². The lowest BCUT2D eigenvalue weighted by atomic mass is 9.82. The zero-order valence-corrected chi connectivity index (χ0v) is 13.5. The van der Waals surface area contributed by atoms with Crippen LogP contribution in [0.2, 0.25) is 0 Å². The molecule has 1 fully saturated rings. The van der Waals surface area contributed by atoms with E-state index in [-0.39, 0.29) is 0 Å². The Morgan fingerprint density at radius 2 is 1.90 bits per heavy atom. The molecule has 1 aromatic rings. The normalized spacial score (nSPS) is 33.7. The monoisotopic (exact) mass is 288 g/mol. The largest absolute Gasteiger partial charge is 0.373 e. The number of nitrogens with zero attached hydrogens (tertiary/aromatic N) is 1. The van der Waals surface area contributed by atoms with E-state index < -0.39 is 0 Å². The molecule has 1 heterocycles. The van der Waals surface area contributed by atoms with Gasteiger partial charge in [0.15, 0.2) is 0 Å². The van der Waals surface area contributed by atoms with Crippen LogP contribution < -0.4 is 5.32 Å². The number of ether oxygens (including phenoxy) is 1. The standard InChI is InChI=1S/C18H28N2O/c1-4-19-18-16-8-6-5-7-15(16)9-10-17(18)20-11-13(2)21-14(3)12-20/h5-8,13-14,17-19H,4,9-12H2,1-3H3. The van der Waals surface area contributed by atoms with E-state index in [1.54, 1.807) is 0 Å². The van der Waals surface area contributed by atoms with Gasteiger partial charge in [-0.3, -0.25) is 4.90 Å². The molecule has 4 atom stereocenters. The number of nitrogens with one attached hydrogen (secondary N) is 1. The van der Waals surface area contributed by atoms with E-state index >= 15 is 0 Å². The molecule has 3 heteroatoms. The summed E-state index contributed by atoms with van der Waals surface area (Å²) in [5, 5.41) is 3.74. The molecule has 3 rings (SSSR count). The minimum absolute atomic E-state index is 0.341. The van der Waals surface area contributed by atoms with Crippen LogP contribution >= 0.6 is 0 Å². The molecule has 4 unspecified atom stereocenters. The van der Waals surface area contributed by atoms with Gasteiger partial charge in [-0.2, -0.15) is 0 Å². The SMILES string of the molecule is CCNC1c2ccccc2CCC1N1CC(C)OC(C)C1. The first-order valence-corrected chi connectivity index (χ1v) is 8.39. The van der Waals surface area contributed by atoms with Gasteiger partial charge in [-0.15, -0.1) is 0 Å². The Labute approximate surface area is 128 Å². The highest BCUT2D eigenvalue weighted by Crippen LogP contribution is 2.34. The van der Waals surface area contributed by atoms with Crippen LogP contribution in [0.5, 0.6) is 0 Å². The van der Waals surface area contributed by atoms with E-state index in [9.17, 15) is 0 Å². The second kappa shape index (κ2) is 6.47. The molecule has 0 bridgehead atoms. The Bertz CT molecular complexity index is 466. The van der Waals surface area contributed by atoms with Gasteiger partial charge >= 0.3 is 0 Å². The van der Waals surface area contributed by atoms with Crippen molar-refractivity contribution in [1.29, 1.82) is 0 Å². The first-order chi connectivity index (χ1) is 10.2. The number of aryl methyl sites for hydroxylation is 1. The third kappa shape index (κ3) is 3.15. The van der Waals surface area contributed by atoms with Crippen LogP contribution in [0.25, 0.3) is 0 Å². The van der Waals surface area contributed by atoms with Crippen molar-refractivity contribution in [3.05, 3.63) is 35.4 Å². The molecule has 116 valence electrons. The highest BCUT2D eigenvalue weighted by molar-refractivity contribution is 5.34. The van der Waals surface area contributed by atoms with Gasteiger partial charge in [-0.25, -0.2) is 0 Å². The fraction of sp³-hybridized carbons (Fsp3) is 0.667. The van der Waals surface area contributed by atoms with Crippen LogP contribution in [0.15, 0.2) is 24.3 Å². The van der Waals surface area contributed by atoms with Crippen molar-refractivity contribution in [2.45, 2.75) is 57.9 Å². The van der Waals surface area contributed by atoms with Gasteiger partial charge in [0.2, 0.25) is 0 Å². The van der Waals surface area contributed by atoms with Crippen molar-refractivity contribution >= 4 is 0 Å². The molecule has 0 radical (unpaired) electrons. The highest BCUT2D eigenvalue weighted by atomic mass is 16.5. The average Bonchev–Trinajstić information content (AvgIpc) is 2.47. The Balaban J connectivity index is 1.84. The second-order valence-corrected chi connectivity index (χ2v) is 6.55. The zero-order chi connectivity index (χ0) is 14.8. The van der Waals surface area contributed by atoms with E-state index in [0.717, 1.165) is 19.6 Å². The van der Waals surface area contributed by atoms with Gasteiger partial charge in [0.1, 0.15) is 0 Å². The maximum atomic E-state index is 5.91. The summed E-state index contributed by atoms with van der Waals surface area (Å²) in [6.07, 6.45) is 3.12. The molecule has 1 aromatic carbocycles. The molecule has 0 spiro atoms. The van der Waals surface area contributed by atoms with E-state index in [1.165, 1.54) is 24.0 Å². The summed E-state index contributed by atoms with van der Waals surface area (Å²) in [5.74, 6) is 0. The molecule has 1 aliphatic carbocycles. The predicted octanol–water partition coefficient (Wildman–Crippen LogP) is 2.76. The molecule has 3 nitrogen and oxygen atoms in total. The number of hydrogen-bond donors (Lipinski definition) is 1. The Morgan fingerprint density at radius 1 is 1.19 bits per heavy atom. The van der Waals surface area contributed by atoms with Crippen molar-refractivity contribution in [1.82, 2.24) is 10.2 Å².